The van der Waals surface area contributed by atoms with Crippen molar-refractivity contribution in [1.82, 2.24) is 10.2 Å². The normalized spacial score (nSPS) is 14.5. The minimum atomic E-state index is -0.528. The average Bonchev–Trinajstić information content (AvgIpc) is 2.29. The van der Waals surface area contributed by atoms with E-state index in [1.54, 1.807) is 19.2 Å². The molecule has 2 unspecified atom stereocenters. The number of methoxy groups -OCH3 is 1. The smallest absolute Gasteiger partial charge is 0.233 e. The second-order valence-corrected chi connectivity index (χ2v) is 4.15. The van der Waals surface area contributed by atoms with E-state index in [0.717, 1.165) is 19.3 Å². The monoisotopic (exact) mass is 224 g/mol. The van der Waals surface area contributed by atoms with E-state index in [1.807, 2.05) is 0 Å². The fraction of sp³-hybridized carbons (Fsp3) is 0.667. The summed E-state index contributed by atoms with van der Waals surface area (Å²) in [7, 11) is 1.55. The summed E-state index contributed by atoms with van der Waals surface area (Å²) in [6, 6.07) is 3.48. The Morgan fingerprint density at radius 1 is 1.38 bits per heavy atom. The number of aliphatic hydroxyl groups excluding tert-OH is 1. The van der Waals surface area contributed by atoms with E-state index in [1.165, 1.54) is 0 Å². The van der Waals surface area contributed by atoms with Crippen LogP contribution in [0.5, 0.6) is 5.88 Å². The van der Waals surface area contributed by atoms with Crippen LogP contribution in [0.4, 0.5) is 0 Å². The van der Waals surface area contributed by atoms with Crippen molar-refractivity contribution >= 4 is 0 Å². The molecule has 1 aromatic rings. The molecule has 0 radical (unpaired) electrons. The molecular weight excluding hydrogens is 204 g/mol. The van der Waals surface area contributed by atoms with Crippen LogP contribution in [0.15, 0.2) is 12.1 Å². The lowest BCUT2D eigenvalue weighted by Crippen LogP contribution is -2.07. The molecule has 4 heteroatoms. The Bertz CT molecular complexity index is 300. The van der Waals surface area contributed by atoms with E-state index in [4.69, 9.17) is 4.74 Å². The Kier molecular flexibility index (Phi) is 5.19. The molecule has 0 aliphatic heterocycles. The molecule has 1 N–H and O–H groups in total. The van der Waals surface area contributed by atoms with Crippen LogP contribution in [0.3, 0.4) is 0 Å². The predicted octanol–water partition coefficient (Wildman–Crippen LogP) is 2.34. The molecule has 0 fully saturated rings. The van der Waals surface area contributed by atoms with Crippen LogP contribution in [0.1, 0.15) is 44.9 Å². The predicted molar refractivity (Wildman–Crippen MR) is 62.2 cm³/mol. The Hall–Kier alpha value is -1.16. The fourth-order valence-corrected chi connectivity index (χ4v) is 1.73. The third kappa shape index (κ3) is 3.77. The quantitative estimate of drug-likeness (QED) is 0.805. The van der Waals surface area contributed by atoms with Crippen molar-refractivity contribution in [3.63, 3.8) is 0 Å². The number of rotatable bonds is 6. The molecule has 2 atom stereocenters. The van der Waals surface area contributed by atoms with Crippen LogP contribution in [0, 0.1) is 5.92 Å². The van der Waals surface area contributed by atoms with Crippen molar-refractivity contribution in [2.24, 2.45) is 5.92 Å². The molecule has 90 valence electrons. The molecule has 1 aromatic heterocycles. The Labute approximate surface area is 96.7 Å². The zero-order chi connectivity index (χ0) is 12.0. The molecule has 4 nitrogen and oxygen atoms in total. The summed E-state index contributed by atoms with van der Waals surface area (Å²) in [5, 5.41) is 17.7. The van der Waals surface area contributed by atoms with Crippen LogP contribution < -0.4 is 4.74 Å². The molecule has 1 rings (SSSR count). The fourth-order valence-electron chi connectivity index (χ4n) is 1.73. The molecule has 0 saturated heterocycles. The van der Waals surface area contributed by atoms with Gasteiger partial charge in [-0.2, -0.15) is 0 Å². The van der Waals surface area contributed by atoms with Gasteiger partial charge >= 0.3 is 0 Å². The van der Waals surface area contributed by atoms with Gasteiger partial charge in [0.2, 0.25) is 5.88 Å². The zero-order valence-corrected chi connectivity index (χ0v) is 10.2. The van der Waals surface area contributed by atoms with Gasteiger partial charge in [0.25, 0.3) is 0 Å². The summed E-state index contributed by atoms with van der Waals surface area (Å²) in [5.74, 6) is 0.974. The molecule has 0 aromatic carbocycles. The molecule has 0 aliphatic rings. The van der Waals surface area contributed by atoms with E-state index in [2.05, 4.69) is 24.0 Å². The van der Waals surface area contributed by atoms with Gasteiger partial charge < -0.3 is 9.84 Å². The first-order chi connectivity index (χ1) is 7.67. The SMILES string of the molecule is CCCC(C)CC(O)c1ccc(OC)nn1. The number of aliphatic hydroxyl groups is 1. The summed E-state index contributed by atoms with van der Waals surface area (Å²) < 4.78 is 4.91. The van der Waals surface area contributed by atoms with Gasteiger partial charge in [-0.25, -0.2) is 0 Å². The van der Waals surface area contributed by atoms with Gasteiger partial charge in [0.05, 0.1) is 18.9 Å². The van der Waals surface area contributed by atoms with Gasteiger partial charge in [0.1, 0.15) is 0 Å². The highest BCUT2D eigenvalue weighted by Gasteiger charge is 2.13. The highest BCUT2D eigenvalue weighted by molar-refractivity contribution is 5.12. The van der Waals surface area contributed by atoms with Gasteiger partial charge in [-0.3, -0.25) is 0 Å². The Morgan fingerprint density at radius 3 is 2.62 bits per heavy atom. The minimum absolute atomic E-state index is 0.470. The van der Waals surface area contributed by atoms with Crippen molar-refractivity contribution in [3.05, 3.63) is 17.8 Å². The lowest BCUT2D eigenvalue weighted by Gasteiger charge is -2.14. The maximum atomic E-state index is 9.94. The number of hydrogen-bond donors (Lipinski definition) is 1. The highest BCUT2D eigenvalue weighted by atomic mass is 16.5. The summed E-state index contributed by atoms with van der Waals surface area (Å²) in [6.45, 7) is 4.29. The minimum Gasteiger partial charge on any atom is -0.480 e. The average molecular weight is 224 g/mol. The first kappa shape index (κ1) is 12.9. The van der Waals surface area contributed by atoms with Crippen molar-refractivity contribution in [3.8, 4) is 5.88 Å². The topological polar surface area (TPSA) is 55.2 Å². The molecule has 0 amide bonds. The third-order valence-electron chi connectivity index (χ3n) is 2.62. The second-order valence-electron chi connectivity index (χ2n) is 4.15. The van der Waals surface area contributed by atoms with Gasteiger partial charge in [-0.05, 0) is 18.4 Å². The van der Waals surface area contributed by atoms with E-state index < -0.39 is 6.10 Å². The summed E-state index contributed by atoms with van der Waals surface area (Å²) >= 11 is 0. The maximum absolute atomic E-state index is 9.94. The van der Waals surface area contributed by atoms with Crippen LogP contribution in [-0.2, 0) is 0 Å². The largest absolute Gasteiger partial charge is 0.480 e. The first-order valence-electron chi connectivity index (χ1n) is 5.73. The second kappa shape index (κ2) is 6.43. The molecule has 0 saturated carbocycles. The molecular formula is C12H20N2O2. The molecule has 0 bridgehead atoms. The number of ether oxygens (including phenoxy) is 1. The van der Waals surface area contributed by atoms with E-state index in [0.29, 0.717) is 17.5 Å². The van der Waals surface area contributed by atoms with Crippen molar-refractivity contribution in [2.75, 3.05) is 7.11 Å². The van der Waals surface area contributed by atoms with E-state index in [-0.39, 0.29) is 0 Å². The van der Waals surface area contributed by atoms with Crippen LogP contribution in [0.2, 0.25) is 0 Å². The molecule has 1 heterocycles. The van der Waals surface area contributed by atoms with Crippen LogP contribution in [-0.4, -0.2) is 22.4 Å². The summed E-state index contributed by atoms with van der Waals surface area (Å²) in [6.07, 6.45) is 2.47. The lowest BCUT2D eigenvalue weighted by atomic mass is 9.97. The van der Waals surface area contributed by atoms with Gasteiger partial charge in [-0.15, -0.1) is 10.2 Å². The zero-order valence-electron chi connectivity index (χ0n) is 10.2. The Morgan fingerprint density at radius 2 is 2.12 bits per heavy atom. The van der Waals surface area contributed by atoms with Crippen LogP contribution in [0.25, 0.3) is 0 Å². The molecule has 16 heavy (non-hydrogen) atoms. The lowest BCUT2D eigenvalue weighted by molar-refractivity contribution is 0.139. The van der Waals surface area contributed by atoms with Crippen LogP contribution >= 0.6 is 0 Å². The maximum Gasteiger partial charge on any atom is 0.233 e. The van der Waals surface area contributed by atoms with Gasteiger partial charge in [0, 0.05) is 6.07 Å². The van der Waals surface area contributed by atoms with Crippen molar-refractivity contribution in [1.29, 1.82) is 0 Å². The van der Waals surface area contributed by atoms with Gasteiger partial charge in [-0.1, -0.05) is 26.7 Å². The standard InChI is InChI=1S/C12H20N2O2/c1-4-5-9(2)8-11(15)10-6-7-12(16-3)14-13-10/h6-7,9,11,15H,4-5,8H2,1-3H3. The number of aromatic nitrogens is 2. The molecule has 0 spiro atoms. The Balaban J connectivity index is 2.55. The van der Waals surface area contributed by atoms with E-state index in [9.17, 15) is 5.11 Å². The number of nitrogens with zero attached hydrogens (tertiary/aromatic N) is 2. The van der Waals surface area contributed by atoms with Crippen molar-refractivity contribution in [2.45, 2.75) is 39.2 Å². The van der Waals surface area contributed by atoms with Crippen molar-refractivity contribution < 1.29 is 9.84 Å². The molecule has 0 aliphatic carbocycles. The first-order valence-corrected chi connectivity index (χ1v) is 5.73. The van der Waals surface area contributed by atoms with Gasteiger partial charge in [0.15, 0.2) is 0 Å². The third-order valence-corrected chi connectivity index (χ3v) is 2.62. The summed E-state index contributed by atoms with van der Waals surface area (Å²) in [5.41, 5.74) is 0.615. The van der Waals surface area contributed by atoms with E-state index >= 15 is 0 Å². The number of hydrogen-bond acceptors (Lipinski definition) is 4. The highest BCUT2D eigenvalue weighted by Crippen LogP contribution is 2.22. The summed E-state index contributed by atoms with van der Waals surface area (Å²) in [4.78, 5) is 0.